The topological polar surface area (TPSA) is 12.0 Å². The van der Waals surface area contributed by atoms with E-state index in [1.165, 1.54) is 63.5 Å². The molecule has 0 aromatic carbocycles. The average Bonchev–Trinajstić information content (AvgIpc) is 2.28. The fraction of sp³-hybridized carbons (Fsp3) is 1.00. The van der Waals surface area contributed by atoms with Crippen LogP contribution in [0.25, 0.3) is 0 Å². The molecule has 1 N–H and O–H groups in total. The highest BCUT2D eigenvalue weighted by molar-refractivity contribution is 7.99. The fourth-order valence-electron chi connectivity index (χ4n) is 2.29. The SMILES string of the molecule is CCCCCCCCCC1NC(C)CCS1. The molecule has 2 atom stereocenters. The lowest BCUT2D eigenvalue weighted by molar-refractivity contribution is 0.467. The Hall–Kier alpha value is 0.310. The van der Waals surface area contributed by atoms with Crippen molar-refractivity contribution in [3.8, 4) is 0 Å². The molecule has 0 aromatic rings. The van der Waals surface area contributed by atoms with Crippen LogP contribution in [0.15, 0.2) is 0 Å². The van der Waals surface area contributed by atoms with Gasteiger partial charge in [0.1, 0.15) is 0 Å². The second-order valence-corrected chi connectivity index (χ2v) is 6.44. The van der Waals surface area contributed by atoms with Crippen molar-refractivity contribution in [3.05, 3.63) is 0 Å². The van der Waals surface area contributed by atoms with Crippen molar-refractivity contribution in [2.75, 3.05) is 5.75 Å². The van der Waals surface area contributed by atoms with Gasteiger partial charge in [0.25, 0.3) is 0 Å². The molecule has 0 aliphatic carbocycles. The molecule has 0 amide bonds. The molecule has 1 nitrogen and oxygen atoms in total. The molecular formula is C14H29NS. The van der Waals surface area contributed by atoms with Crippen LogP contribution in [0, 0.1) is 0 Å². The molecule has 1 heterocycles. The zero-order valence-electron chi connectivity index (χ0n) is 11.1. The Morgan fingerprint density at radius 3 is 2.44 bits per heavy atom. The van der Waals surface area contributed by atoms with Crippen molar-refractivity contribution < 1.29 is 0 Å². The number of hydrogen-bond donors (Lipinski definition) is 1. The van der Waals surface area contributed by atoms with Gasteiger partial charge in [-0.15, -0.1) is 11.8 Å². The summed E-state index contributed by atoms with van der Waals surface area (Å²) in [6.45, 7) is 4.60. The maximum atomic E-state index is 3.69. The van der Waals surface area contributed by atoms with E-state index in [-0.39, 0.29) is 0 Å². The van der Waals surface area contributed by atoms with E-state index < -0.39 is 0 Å². The molecule has 0 bridgehead atoms. The first-order valence-electron chi connectivity index (χ1n) is 7.20. The van der Waals surface area contributed by atoms with Crippen LogP contribution in [0.1, 0.15) is 71.6 Å². The normalized spacial score (nSPS) is 25.9. The highest BCUT2D eigenvalue weighted by Crippen LogP contribution is 2.22. The van der Waals surface area contributed by atoms with Crippen LogP contribution >= 0.6 is 11.8 Å². The minimum atomic E-state index is 0.746. The van der Waals surface area contributed by atoms with Crippen LogP contribution in [0.5, 0.6) is 0 Å². The van der Waals surface area contributed by atoms with Gasteiger partial charge >= 0.3 is 0 Å². The first-order chi connectivity index (χ1) is 7.83. The zero-order chi connectivity index (χ0) is 11.6. The van der Waals surface area contributed by atoms with E-state index in [4.69, 9.17) is 0 Å². The Kier molecular flexibility index (Phi) is 8.40. The first-order valence-corrected chi connectivity index (χ1v) is 8.25. The Morgan fingerprint density at radius 2 is 1.75 bits per heavy atom. The van der Waals surface area contributed by atoms with Crippen molar-refractivity contribution >= 4 is 11.8 Å². The largest absolute Gasteiger partial charge is 0.303 e. The number of rotatable bonds is 8. The maximum absolute atomic E-state index is 3.69. The molecule has 2 heteroatoms. The predicted molar refractivity (Wildman–Crippen MR) is 76.1 cm³/mol. The summed E-state index contributed by atoms with van der Waals surface area (Å²) in [4.78, 5) is 0. The number of unbranched alkanes of at least 4 members (excludes halogenated alkanes) is 6. The van der Waals surface area contributed by atoms with E-state index in [1.54, 1.807) is 0 Å². The molecule has 1 saturated heterocycles. The highest BCUT2D eigenvalue weighted by Gasteiger charge is 2.17. The molecule has 1 aliphatic rings. The van der Waals surface area contributed by atoms with Gasteiger partial charge in [0.15, 0.2) is 0 Å². The summed E-state index contributed by atoms with van der Waals surface area (Å²) in [5.74, 6) is 1.36. The molecule has 1 fully saturated rings. The van der Waals surface area contributed by atoms with E-state index in [1.807, 2.05) is 0 Å². The van der Waals surface area contributed by atoms with Crippen LogP contribution in [0.3, 0.4) is 0 Å². The number of nitrogens with one attached hydrogen (secondary N) is 1. The quantitative estimate of drug-likeness (QED) is 0.627. The van der Waals surface area contributed by atoms with E-state index in [0.717, 1.165) is 11.4 Å². The second kappa shape index (κ2) is 9.35. The van der Waals surface area contributed by atoms with Gasteiger partial charge < -0.3 is 5.32 Å². The van der Waals surface area contributed by atoms with Crippen molar-refractivity contribution in [2.24, 2.45) is 0 Å². The van der Waals surface area contributed by atoms with Gasteiger partial charge in [0.2, 0.25) is 0 Å². The summed E-state index contributed by atoms with van der Waals surface area (Å²) in [5.41, 5.74) is 0. The van der Waals surface area contributed by atoms with Crippen molar-refractivity contribution in [2.45, 2.75) is 83.1 Å². The summed E-state index contributed by atoms with van der Waals surface area (Å²) in [5, 5.41) is 4.44. The molecule has 2 unspecified atom stereocenters. The molecule has 1 rings (SSSR count). The standard InChI is InChI=1S/C14H29NS/c1-3-4-5-6-7-8-9-10-14-15-13(2)11-12-16-14/h13-15H,3-12H2,1-2H3. The molecule has 0 aromatic heterocycles. The van der Waals surface area contributed by atoms with Crippen molar-refractivity contribution in [3.63, 3.8) is 0 Å². The summed E-state index contributed by atoms with van der Waals surface area (Å²) in [7, 11) is 0. The van der Waals surface area contributed by atoms with E-state index in [2.05, 4.69) is 30.9 Å². The van der Waals surface area contributed by atoms with Gasteiger partial charge in [-0.2, -0.15) is 0 Å². The van der Waals surface area contributed by atoms with Gasteiger partial charge in [-0.25, -0.2) is 0 Å². The van der Waals surface area contributed by atoms with Crippen molar-refractivity contribution in [1.82, 2.24) is 5.32 Å². The van der Waals surface area contributed by atoms with Gasteiger partial charge in [0, 0.05) is 6.04 Å². The minimum absolute atomic E-state index is 0.746. The molecule has 16 heavy (non-hydrogen) atoms. The summed E-state index contributed by atoms with van der Waals surface area (Å²) in [6, 6.07) is 0.746. The molecule has 0 saturated carbocycles. The number of hydrogen-bond acceptors (Lipinski definition) is 2. The lowest BCUT2D eigenvalue weighted by Crippen LogP contribution is -2.38. The number of thioether (sulfide) groups is 1. The van der Waals surface area contributed by atoms with Crippen LogP contribution in [-0.4, -0.2) is 17.2 Å². The fourth-order valence-corrected chi connectivity index (χ4v) is 3.73. The summed E-state index contributed by atoms with van der Waals surface area (Å²) >= 11 is 2.13. The Balaban J connectivity index is 1.86. The minimum Gasteiger partial charge on any atom is -0.303 e. The molecule has 96 valence electrons. The molecular weight excluding hydrogens is 214 g/mol. The lowest BCUT2D eigenvalue weighted by atomic mass is 10.1. The van der Waals surface area contributed by atoms with Gasteiger partial charge in [-0.3, -0.25) is 0 Å². The summed E-state index contributed by atoms with van der Waals surface area (Å²) in [6.07, 6.45) is 12.7. The monoisotopic (exact) mass is 243 g/mol. The smallest absolute Gasteiger partial charge is 0.0534 e. The van der Waals surface area contributed by atoms with E-state index >= 15 is 0 Å². The predicted octanol–water partition coefficient (Wildman–Crippen LogP) is 4.57. The average molecular weight is 243 g/mol. The van der Waals surface area contributed by atoms with E-state index in [9.17, 15) is 0 Å². The molecule has 1 aliphatic heterocycles. The van der Waals surface area contributed by atoms with Crippen LogP contribution in [-0.2, 0) is 0 Å². The van der Waals surface area contributed by atoms with Gasteiger partial charge in [-0.05, 0) is 25.5 Å². The van der Waals surface area contributed by atoms with E-state index in [0.29, 0.717) is 0 Å². The van der Waals surface area contributed by atoms with Crippen LogP contribution in [0.2, 0.25) is 0 Å². The van der Waals surface area contributed by atoms with Gasteiger partial charge in [-0.1, -0.05) is 51.9 Å². The Bertz CT molecular complexity index is 161. The first kappa shape index (κ1) is 14.4. The second-order valence-electron chi connectivity index (χ2n) is 5.13. The Morgan fingerprint density at radius 1 is 1.06 bits per heavy atom. The lowest BCUT2D eigenvalue weighted by Gasteiger charge is -2.28. The van der Waals surface area contributed by atoms with Gasteiger partial charge in [0.05, 0.1) is 5.37 Å². The summed E-state index contributed by atoms with van der Waals surface area (Å²) < 4.78 is 0. The third-order valence-electron chi connectivity index (χ3n) is 3.41. The van der Waals surface area contributed by atoms with Crippen molar-refractivity contribution in [1.29, 1.82) is 0 Å². The third kappa shape index (κ3) is 6.80. The highest BCUT2D eigenvalue weighted by atomic mass is 32.2. The molecule has 0 radical (unpaired) electrons. The zero-order valence-corrected chi connectivity index (χ0v) is 12.0. The Labute approximate surface area is 106 Å². The third-order valence-corrected chi connectivity index (χ3v) is 4.66. The van der Waals surface area contributed by atoms with Crippen LogP contribution in [0.4, 0.5) is 0 Å². The molecule has 0 spiro atoms. The maximum Gasteiger partial charge on any atom is 0.0534 e. The van der Waals surface area contributed by atoms with Crippen LogP contribution < -0.4 is 5.32 Å².